The number of urea groups is 1. The van der Waals surface area contributed by atoms with E-state index in [1.54, 1.807) is 11.8 Å². The first-order valence-corrected chi connectivity index (χ1v) is 14.3. The van der Waals surface area contributed by atoms with Crippen molar-refractivity contribution in [2.24, 2.45) is 0 Å². The average Bonchev–Trinajstić information content (AvgIpc) is 3.46. The van der Waals surface area contributed by atoms with E-state index >= 15 is 0 Å². The van der Waals surface area contributed by atoms with Crippen LogP contribution in [-0.4, -0.2) is 41.5 Å². The summed E-state index contributed by atoms with van der Waals surface area (Å²) in [6, 6.07) is 12.8. The Kier molecular flexibility index (Phi) is 7.32. The summed E-state index contributed by atoms with van der Waals surface area (Å²) < 4.78 is 7.80. The van der Waals surface area contributed by atoms with Gasteiger partial charge in [-0.05, 0) is 80.7 Å². The Morgan fingerprint density at radius 1 is 1.18 bits per heavy atom. The Morgan fingerprint density at radius 2 is 2.00 bits per heavy atom. The quantitative estimate of drug-likeness (QED) is 0.314. The van der Waals surface area contributed by atoms with Crippen molar-refractivity contribution in [1.29, 1.82) is 0 Å². The Balaban J connectivity index is 1.54. The van der Waals surface area contributed by atoms with Crippen LogP contribution in [0.4, 0.5) is 4.79 Å². The van der Waals surface area contributed by atoms with Crippen molar-refractivity contribution < 1.29 is 9.53 Å². The molecule has 34 heavy (non-hydrogen) atoms. The standard InChI is InChI=1S/C27H33N3O2S2/c1-3-32-17-7-15-28-27(31)30-18-22-21-8-4-5-10-24(21)34-26(22)29-16-6-9-23(29)25(30)19-11-13-20(33-2)14-12-19/h6,9,11-14,16,25H,3-5,7-8,10,15,17-18H2,1-2H3,(H,28,31). The van der Waals surface area contributed by atoms with Crippen LogP contribution in [0, 0.1) is 0 Å². The van der Waals surface area contributed by atoms with Gasteiger partial charge in [0, 0.05) is 41.3 Å². The predicted molar refractivity (Wildman–Crippen MR) is 140 cm³/mol. The van der Waals surface area contributed by atoms with Crippen LogP contribution in [0.5, 0.6) is 0 Å². The number of aromatic nitrogens is 1. The third kappa shape index (κ3) is 4.53. The SMILES string of the molecule is CCOCCCNC(=O)N1Cc2c(sc3c2CCCC3)-n2cccc2C1c1ccc(SC)cc1. The Hall–Kier alpha value is -2.22. The molecular weight excluding hydrogens is 462 g/mol. The van der Waals surface area contributed by atoms with E-state index < -0.39 is 0 Å². The van der Waals surface area contributed by atoms with E-state index in [-0.39, 0.29) is 12.1 Å². The van der Waals surface area contributed by atoms with Crippen LogP contribution in [0.2, 0.25) is 0 Å². The topological polar surface area (TPSA) is 46.5 Å². The molecule has 2 aliphatic rings. The number of hydrogen-bond donors (Lipinski definition) is 1. The minimum Gasteiger partial charge on any atom is -0.382 e. The summed E-state index contributed by atoms with van der Waals surface area (Å²) in [5.74, 6) is 0. The molecule has 5 rings (SSSR count). The van der Waals surface area contributed by atoms with Gasteiger partial charge in [-0.3, -0.25) is 0 Å². The zero-order chi connectivity index (χ0) is 23.5. The summed E-state index contributed by atoms with van der Waals surface area (Å²) in [6.45, 7) is 4.62. The van der Waals surface area contributed by atoms with Gasteiger partial charge in [0.05, 0.1) is 18.3 Å². The molecule has 2 amide bonds. The van der Waals surface area contributed by atoms with Gasteiger partial charge < -0.3 is 19.5 Å². The molecule has 2 aromatic heterocycles. The highest BCUT2D eigenvalue weighted by Crippen LogP contribution is 2.44. The van der Waals surface area contributed by atoms with Crippen molar-refractivity contribution in [3.63, 3.8) is 0 Å². The van der Waals surface area contributed by atoms with E-state index in [2.05, 4.69) is 58.7 Å². The van der Waals surface area contributed by atoms with Gasteiger partial charge in [0.25, 0.3) is 0 Å². The number of thiophene rings is 1. The van der Waals surface area contributed by atoms with Crippen molar-refractivity contribution >= 4 is 29.1 Å². The van der Waals surface area contributed by atoms with Gasteiger partial charge in [-0.25, -0.2) is 4.79 Å². The number of carbonyl (C=O) groups excluding carboxylic acids is 1. The Bertz CT molecular complexity index is 1140. The lowest BCUT2D eigenvalue weighted by Crippen LogP contribution is -2.42. The Morgan fingerprint density at radius 3 is 2.79 bits per heavy atom. The van der Waals surface area contributed by atoms with Crippen molar-refractivity contribution in [2.45, 2.75) is 56.5 Å². The Labute approximate surface area is 210 Å². The summed E-state index contributed by atoms with van der Waals surface area (Å²) in [4.78, 5) is 18.5. The van der Waals surface area contributed by atoms with Crippen LogP contribution in [-0.2, 0) is 24.1 Å². The van der Waals surface area contributed by atoms with E-state index in [0.717, 1.165) is 30.5 Å². The summed E-state index contributed by atoms with van der Waals surface area (Å²) in [7, 11) is 0. The van der Waals surface area contributed by atoms with Gasteiger partial charge in [-0.2, -0.15) is 0 Å². The second-order valence-corrected chi connectivity index (χ2v) is 10.8. The largest absolute Gasteiger partial charge is 0.382 e. The molecule has 0 spiro atoms. The normalized spacial score (nSPS) is 17.0. The van der Waals surface area contributed by atoms with E-state index in [9.17, 15) is 4.79 Å². The fraction of sp³-hybridized carbons (Fsp3) is 0.444. The molecule has 5 nitrogen and oxygen atoms in total. The molecule has 7 heteroatoms. The first-order chi connectivity index (χ1) is 16.7. The molecular formula is C27H33N3O2S2. The summed E-state index contributed by atoms with van der Waals surface area (Å²) in [5.41, 5.74) is 5.12. The minimum atomic E-state index is -0.142. The zero-order valence-electron chi connectivity index (χ0n) is 20.0. The molecule has 0 saturated heterocycles. The highest BCUT2D eigenvalue weighted by molar-refractivity contribution is 7.98. The number of thioether (sulfide) groups is 1. The number of nitrogens with one attached hydrogen (secondary N) is 1. The van der Waals surface area contributed by atoms with Crippen molar-refractivity contribution in [1.82, 2.24) is 14.8 Å². The van der Waals surface area contributed by atoms with E-state index in [1.807, 2.05) is 23.2 Å². The zero-order valence-corrected chi connectivity index (χ0v) is 21.6. The minimum absolute atomic E-state index is 0.00759. The highest BCUT2D eigenvalue weighted by atomic mass is 32.2. The molecule has 1 aliphatic heterocycles. The molecule has 1 unspecified atom stereocenters. The van der Waals surface area contributed by atoms with Crippen LogP contribution < -0.4 is 5.32 Å². The number of hydrogen-bond acceptors (Lipinski definition) is 4. The first-order valence-electron chi connectivity index (χ1n) is 12.3. The highest BCUT2D eigenvalue weighted by Gasteiger charge is 2.35. The third-order valence-corrected chi connectivity index (χ3v) is 8.89. The van der Waals surface area contributed by atoms with Gasteiger partial charge in [0.1, 0.15) is 5.00 Å². The number of aryl methyl sites for hydroxylation is 1. The molecule has 0 radical (unpaired) electrons. The molecule has 1 atom stereocenters. The molecule has 0 fully saturated rings. The number of benzene rings is 1. The van der Waals surface area contributed by atoms with Gasteiger partial charge in [-0.15, -0.1) is 23.1 Å². The lowest BCUT2D eigenvalue weighted by atomic mass is 9.95. The van der Waals surface area contributed by atoms with Crippen LogP contribution >= 0.6 is 23.1 Å². The molecule has 3 heterocycles. The third-order valence-electron chi connectivity index (χ3n) is 6.82. The van der Waals surface area contributed by atoms with Gasteiger partial charge >= 0.3 is 6.03 Å². The van der Waals surface area contributed by atoms with Crippen LogP contribution in [0.15, 0.2) is 47.5 Å². The van der Waals surface area contributed by atoms with Crippen LogP contribution in [0.3, 0.4) is 0 Å². The molecule has 0 saturated carbocycles. The summed E-state index contributed by atoms with van der Waals surface area (Å²) >= 11 is 3.67. The fourth-order valence-electron chi connectivity index (χ4n) is 5.14. The predicted octanol–water partition coefficient (Wildman–Crippen LogP) is 6.18. The van der Waals surface area contributed by atoms with E-state index in [1.165, 1.54) is 38.7 Å². The molecule has 3 aromatic rings. The molecule has 0 bridgehead atoms. The van der Waals surface area contributed by atoms with Crippen LogP contribution in [0.25, 0.3) is 5.00 Å². The lowest BCUT2D eigenvalue weighted by molar-refractivity contribution is 0.143. The summed E-state index contributed by atoms with van der Waals surface area (Å²) in [6.07, 6.45) is 9.85. The maximum absolute atomic E-state index is 13.7. The van der Waals surface area contributed by atoms with Crippen LogP contribution in [0.1, 0.15) is 59.5 Å². The van der Waals surface area contributed by atoms with Crippen molar-refractivity contribution in [3.05, 3.63) is 69.9 Å². The van der Waals surface area contributed by atoms with E-state index in [4.69, 9.17) is 4.74 Å². The number of rotatable bonds is 7. The van der Waals surface area contributed by atoms with Crippen molar-refractivity contribution in [3.8, 4) is 5.00 Å². The van der Waals surface area contributed by atoms with Crippen molar-refractivity contribution in [2.75, 3.05) is 26.0 Å². The molecule has 180 valence electrons. The number of nitrogens with zero attached hydrogens (tertiary/aromatic N) is 2. The average molecular weight is 496 g/mol. The maximum Gasteiger partial charge on any atom is 0.318 e. The monoisotopic (exact) mass is 495 g/mol. The first kappa shape index (κ1) is 23.5. The van der Waals surface area contributed by atoms with E-state index in [0.29, 0.717) is 26.3 Å². The second kappa shape index (κ2) is 10.6. The number of fused-ring (bicyclic) bond motifs is 5. The molecule has 1 aliphatic carbocycles. The van der Waals surface area contributed by atoms with Gasteiger partial charge in [-0.1, -0.05) is 12.1 Å². The number of amides is 2. The number of ether oxygens (including phenoxy) is 1. The lowest BCUT2D eigenvalue weighted by Gasteiger charge is -2.31. The maximum atomic E-state index is 13.7. The summed E-state index contributed by atoms with van der Waals surface area (Å²) in [5, 5.41) is 4.48. The van der Waals surface area contributed by atoms with Gasteiger partial charge in [0.2, 0.25) is 0 Å². The van der Waals surface area contributed by atoms with Gasteiger partial charge in [0.15, 0.2) is 0 Å². The fourth-order valence-corrected chi connectivity index (χ4v) is 6.95. The number of carbonyl (C=O) groups is 1. The molecule has 1 aromatic carbocycles. The molecule has 1 N–H and O–H groups in total. The smallest absolute Gasteiger partial charge is 0.318 e. The second-order valence-electron chi connectivity index (χ2n) is 8.88.